The van der Waals surface area contributed by atoms with Gasteiger partial charge >= 0.3 is 6.18 Å². The van der Waals surface area contributed by atoms with E-state index >= 15 is 0 Å². The Bertz CT molecular complexity index is 817. The van der Waals surface area contributed by atoms with E-state index in [-0.39, 0.29) is 17.5 Å². The van der Waals surface area contributed by atoms with Crippen molar-refractivity contribution in [1.82, 2.24) is 10.3 Å². The van der Waals surface area contributed by atoms with Gasteiger partial charge < -0.3 is 5.32 Å². The van der Waals surface area contributed by atoms with Crippen molar-refractivity contribution in [3.05, 3.63) is 53.1 Å². The maximum atomic E-state index is 14.3. The van der Waals surface area contributed by atoms with Crippen LogP contribution in [0.15, 0.2) is 30.6 Å². The molecule has 1 aliphatic rings. The number of carbonyl (C=O) groups is 1. The summed E-state index contributed by atoms with van der Waals surface area (Å²) >= 11 is 0. The van der Waals surface area contributed by atoms with Crippen LogP contribution in [-0.4, -0.2) is 10.9 Å². The molecule has 1 atom stereocenters. The molecule has 1 amide bonds. The van der Waals surface area contributed by atoms with E-state index in [1.165, 1.54) is 6.20 Å². The number of nitrogens with zero attached hydrogens (tertiary/aromatic N) is 1. The number of alkyl halides is 3. The number of rotatable bonds is 3. The van der Waals surface area contributed by atoms with Gasteiger partial charge in [0.15, 0.2) is 0 Å². The lowest BCUT2D eigenvalue weighted by atomic mass is 9.97. The van der Waals surface area contributed by atoms with Crippen molar-refractivity contribution in [2.24, 2.45) is 0 Å². The Balaban J connectivity index is 1.99. The Morgan fingerprint density at radius 2 is 2.04 bits per heavy atom. The van der Waals surface area contributed by atoms with Crippen molar-refractivity contribution in [1.29, 1.82) is 0 Å². The van der Waals surface area contributed by atoms with E-state index < -0.39 is 17.6 Å². The highest BCUT2D eigenvalue weighted by Gasteiger charge is 2.32. The summed E-state index contributed by atoms with van der Waals surface area (Å²) in [5.74, 6) is -1.03. The van der Waals surface area contributed by atoms with Crippen molar-refractivity contribution in [3.63, 3.8) is 0 Å². The molecule has 3 nitrogen and oxygen atoms in total. The number of hydrogen-bond acceptors (Lipinski definition) is 2. The molecule has 1 N–H and O–H groups in total. The molecule has 1 aromatic carbocycles. The summed E-state index contributed by atoms with van der Waals surface area (Å²) in [6, 6.07) is 2.30. The first-order chi connectivity index (χ1) is 11.8. The summed E-state index contributed by atoms with van der Waals surface area (Å²) in [6.07, 6.45) is 0.0888. The number of pyridine rings is 1. The van der Waals surface area contributed by atoms with Crippen LogP contribution in [0, 0.1) is 5.82 Å². The SMILES string of the molecule is CCC(=O)N[C@H]1CCc2c(-c3ccc(C(F)(F)F)cc3F)cncc21. The second kappa shape index (κ2) is 6.46. The van der Waals surface area contributed by atoms with Gasteiger partial charge in [-0.15, -0.1) is 0 Å². The van der Waals surface area contributed by atoms with Crippen LogP contribution in [0.5, 0.6) is 0 Å². The summed E-state index contributed by atoms with van der Waals surface area (Å²) in [6.45, 7) is 1.75. The van der Waals surface area contributed by atoms with Crippen molar-refractivity contribution in [3.8, 4) is 11.1 Å². The quantitative estimate of drug-likeness (QED) is 0.831. The molecule has 3 rings (SSSR count). The molecule has 7 heteroatoms. The second-order valence-electron chi connectivity index (χ2n) is 5.96. The number of halogens is 4. The van der Waals surface area contributed by atoms with Crippen molar-refractivity contribution < 1.29 is 22.4 Å². The lowest BCUT2D eigenvalue weighted by Crippen LogP contribution is -2.26. The fraction of sp³-hybridized carbons (Fsp3) is 0.333. The van der Waals surface area contributed by atoms with Gasteiger partial charge in [-0.25, -0.2) is 4.39 Å². The fourth-order valence-corrected chi connectivity index (χ4v) is 3.12. The van der Waals surface area contributed by atoms with Gasteiger partial charge in [0.2, 0.25) is 5.91 Å². The summed E-state index contributed by atoms with van der Waals surface area (Å²) < 4.78 is 52.4. The zero-order valence-corrected chi connectivity index (χ0v) is 13.5. The Labute approximate surface area is 142 Å². The zero-order valence-electron chi connectivity index (χ0n) is 13.5. The zero-order chi connectivity index (χ0) is 18.2. The lowest BCUT2D eigenvalue weighted by molar-refractivity contribution is -0.137. The first-order valence-electron chi connectivity index (χ1n) is 7.94. The van der Waals surface area contributed by atoms with Crippen LogP contribution in [0.4, 0.5) is 17.6 Å². The Hall–Kier alpha value is -2.44. The largest absolute Gasteiger partial charge is 0.416 e. The highest BCUT2D eigenvalue weighted by molar-refractivity contribution is 5.77. The topological polar surface area (TPSA) is 42.0 Å². The third-order valence-corrected chi connectivity index (χ3v) is 4.39. The van der Waals surface area contributed by atoms with Gasteiger partial charge in [-0.1, -0.05) is 13.0 Å². The number of aromatic nitrogens is 1. The fourth-order valence-electron chi connectivity index (χ4n) is 3.12. The van der Waals surface area contributed by atoms with E-state index in [2.05, 4.69) is 10.3 Å². The number of amides is 1. The van der Waals surface area contributed by atoms with Crippen LogP contribution in [0.1, 0.15) is 42.5 Å². The molecule has 0 bridgehead atoms. The second-order valence-corrected chi connectivity index (χ2v) is 5.96. The Kier molecular flexibility index (Phi) is 4.49. The van der Waals surface area contributed by atoms with E-state index in [1.54, 1.807) is 13.1 Å². The molecule has 0 saturated carbocycles. The molecule has 0 saturated heterocycles. The van der Waals surface area contributed by atoms with E-state index in [1.807, 2.05) is 0 Å². The first kappa shape index (κ1) is 17.4. The van der Waals surface area contributed by atoms with Gasteiger partial charge in [0.1, 0.15) is 5.82 Å². The number of nitrogens with one attached hydrogen (secondary N) is 1. The van der Waals surface area contributed by atoms with Crippen LogP contribution in [0.3, 0.4) is 0 Å². The van der Waals surface area contributed by atoms with Crippen LogP contribution in [0.2, 0.25) is 0 Å². The van der Waals surface area contributed by atoms with Gasteiger partial charge in [0.25, 0.3) is 0 Å². The highest BCUT2D eigenvalue weighted by Crippen LogP contribution is 2.39. The first-order valence-corrected chi connectivity index (χ1v) is 7.94. The summed E-state index contributed by atoms with van der Waals surface area (Å²) in [5.41, 5.74) is 1.13. The molecule has 0 radical (unpaired) electrons. The van der Waals surface area contributed by atoms with E-state index in [4.69, 9.17) is 0 Å². The van der Waals surface area contributed by atoms with E-state index in [0.29, 0.717) is 30.9 Å². The Morgan fingerprint density at radius 3 is 2.68 bits per heavy atom. The predicted octanol–water partition coefficient (Wildman–Crippen LogP) is 4.42. The van der Waals surface area contributed by atoms with Crippen LogP contribution >= 0.6 is 0 Å². The minimum atomic E-state index is -4.59. The molecule has 1 aliphatic carbocycles. The molecule has 0 fully saturated rings. The molecule has 132 valence electrons. The number of fused-ring (bicyclic) bond motifs is 1. The van der Waals surface area contributed by atoms with Gasteiger partial charge in [0.05, 0.1) is 11.6 Å². The van der Waals surface area contributed by atoms with Crippen molar-refractivity contribution in [2.75, 3.05) is 0 Å². The summed E-state index contributed by atoms with van der Waals surface area (Å²) in [5, 5.41) is 2.89. The molecule has 2 aromatic rings. The number of hydrogen-bond donors (Lipinski definition) is 1. The van der Waals surface area contributed by atoms with Gasteiger partial charge in [-0.3, -0.25) is 9.78 Å². The average Bonchev–Trinajstić information content (AvgIpc) is 2.97. The van der Waals surface area contributed by atoms with Gasteiger partial charge in [-0.2, -0.15) is 13.2 Å². The van der Waals surface area contributed by atoms with Crippen LogP contribution in [-0.2, 0) is 17.4 Å². The molecule has 0 spiro atoms. The smallest absolute Gasteiger partial charge is 0.349 e. The van der Waals surface area contributed by atoms with E-state index in [9.17, 15) is 22.4 Å². The van der Waals surface area contributed by atoms with Gasteiger partial charge in [0, 0.05) is 29.9 Å². The molecule has 0 aliphatic heterocycles. The van der Waals surface area contributed by atoms with Gasteiger partial charge in [-0.05, 0) is 36.1 Å². The maximum Gasteiger partial charge on any atom is 0.416 e. The molecular formula is C18H16F4N2O. The molecule has 1 aromatic heterocycles. The van der Waals surface area contributed by atoms with E-state index in [0.717, 1.165) is 23.3 Å². The standard InChI is InChI=1S/C18H16F4N2O/c1-2-17(25)24-16-6-5-11-13(8-23-9-14(11)16)12-4-3-10(7-15(12)19)18(20,21)22/h3-4,7-9,16H,2,5-6H2,1H3,(H,24,25)/t16-/m0/s1. The third-order valence-electron chi connectivity index (χ3n) is 4.39. The molecule has 25 heavy (non-hydrogen) atoms. The van der Waals surface area contributed by atoms with Crippen LogP contribution in [0.25, 0.3) is 11.1 Å². The maximum absolute atomic E-state index is 14.3. The minimum Gasteiger partial charge on any atom is -0.349 e. The summed E-state index contributed by atoms with van der Waals surface area (Å²) in [7, 11) is 0. The Morgan fingerprint density at radius 1 is 1.28 bits per heavy atom. The molecule has 1 heterocycles. The molecular weight excluding hydrogens is 336 g/mol. The predicted molar refractivity (Wildman–Crippen MR) is 84.1 cm³/mol. The summed E-state index contributed by atoms with van der Waals surface area (Å²) in [4.78, 5) is 15.7. The molecule has 0 unspecified atom stereocenters. The monoisotopic (exact) mass is 352 g/mol. The van der Waals surface area contributed by atoms with Crippen molar-refractivity contribution in [2.45, 2.75) is 38.4 Å². The number of benzene rings is 1. The van der Waals surface area contributed by atoms with Crippen molar-refractivity contribution >= 4 is 5.91 Å². The third kappa shape index (κ3) is 3.36. The highest BCUT2D eigenvalue weighted by atomic mass is 19.4. The van der Waals surface area contributed by atoms with Crippen LogP contribution < -0.4 is 5.32 Å². The average molecular weight is 352 g/mol. The number of carbonyl (C=O) groups excluding carboxylic acids is 1. The normalized spacial score (nSPS) is 16.6. The minimum absolute atomic E-state index is 0.0832. The lowest BCUT2D eigenvalue weighted by Gasteiger charge is -2.15.